The molecule has 1 saturated carbocycles. The van der Waals surface area contributed by atoms with Gasteiger partial charge in [0, 0.05) is 28.8 Å². The third-order valence-corrected chi connectivity index (χ3v) is 7.96. The lowest BCUT2D eigenvalue weighted by Crippen LogP contribution is -2.37. The number of hydrogen-bond donors (Lipinski definition) is 2. The van der Waals surface area contributed by atoms with Crippen molar-refractivity contribution in [2.75, 3.05) is 7.11 Å². The summed E-state index contributed by atoms with van der Waals surface area (Å²) in [5.41, 5.74) is 1.68. The summed E-state index contributed by atoms with van der Waals surface area (Å²) in [5, 5.41) is 14.7. The molecule has 3 aromatic rings. The van der Waals surface area contributed by atoms with Gasteiger partial charge in [-0.05, 0) is 37.7 Å². The normalized spacial score (nSPS) is 21.6. The third-order valence-electron chi connectivity index (χ3n) is 6.78. The highest BCUT2D eigenvalue weighted by Crippen LogP contribution is 2.43. The topological polar surface area (TPSA) is 127 Å². The molecule has 2 aromatic heterocycles. The number of carbonyl (C=O) groups excluding carboxylic acids is 1. The minimum atomic E-state index is -0.968. The summed E-state index contributed by atoms with van der Waals surface area (Å²) in [7, 11) is 1.30. The molecule has 1 atom stereocenters. The lowest BCUT2D eigenvalue weighted by molar-refractivity contribution is -0.137. The van der Waals surface area contributed by atoms with Gasteiger partial charge in [-0.15, -0.1) is 11.3 Å². The number of amidine groups is 1. The number of carboxylic acids is 1. The summed E-state index contributed by atoms with van der Waals surface area (Å²) < 4.78 is 25.2. The Morgan fingerprint density at radius 2 is 2.03 bits per heavy atom. The molecule has 1 fully saturated rings. The number of hydrogen-bond acceptors (Lipinski definition) is 9. The van der Waals surface area contributed by atoms with Crippen molar-refractivity contribution in [1.29, 1.82) is 0 Å². The van der Waals surface area contributed by atoms with Gasteiger partial charge in [-0.2, -0.15) is 0 Å². The molecule has 2 N–H and O–H groups in total. The first-order valence-electron chi connectivity index (χ1n) is 12.0. The average molecular weight is 559 g/mol. The van der Waals surface area contributed by atoms with Crippen LogP contribution in [0.15, 0.2) is 56.7 Å². The molecule has 198 valence electrons. The van der Waals surface area contributed by atoms with Gasteiger partial charge in [0.15, 0.2) is 16.7 Å². The van der Waals surface area contributed by atoms with Crippen LogP contribution in [0.2, 0.25) is 5.02 Å². The molecule has 0 amide bonds. The summed E-state index contributed by atoms with van der Waals surface area (Å²) in [5.74, 6) is -1.19. The molecule has 0 saturated heterocycles. The summed E-state index contributed by atoms with van der Waals surface area (Å²) >= 11 is 7.75. The fourth-order valence-corrected chi connectivity index (χ4v) is 5.82. The number of nitrogens with zero attached hydrogens (tertiary/aromatic N) is 3. The number of nitrogens with one attached hydrogen (secondary N) is 1. The van der Waals surface area contributed by atoms with E-state index in [9.17, 15) is 14.0 Å². The maximum Gasteiger partial charge on any atom is 0.338 e. The average Bonchev–Trinajstić information content (AvgIpc) is 3.62. The number of carbonyl (C=O) groups is 2. The minimum absolute atomic E-state index is 0.0279. The van der Waals surface area contributed by atoms with Gasteiger partial charge in [-0.1, -0.05) is 23.7 Å². The maximum absolute atomic E-state index is 14.5. The van der Waals surface area contributed by atoms with Gasteiger partial charge in [0.25, 0.3) is 0 Å². The van der Waals surface area contributed by atoms with Gasteiger partial charge >= 0.3 is 11.9 Å². The number of esters is 1. The maximum atomic E-state index is 14.5. The molecule has 5 rings (SSSR count). The Kier molecular flexibility index (Phi) is 7.57. The Labute approximate surface area is 226 Å². The van der Waals surface area contributed by atoms with Gasteiger partial charge in [0.1, 0.15) is 18.1 Å². The van der Waals surface area contributed by atoms with Crippen molar-refractivity contribution < 1.29 is 28.2 Å². The van der Waals surface area contributed by atoms with Crippen LogP contribution in [0.25, 0.3) is 0 Å². The van der Waals surface area contributed by atoms with Crippen LogP contribution in [0, 0.1) is 11.7 Å². The van der Waals surface area contributed by atoms with Gasteiger partial charge in [0.2, 0.25) is 0 Å². The minimum Gasteiger partial charge on any atom is -0.481 e. The molecular formula is C26H24ClFN4O5S. The number of oxazole rings is 1. The highest BCUT2D eigenvalue weighted by Gasteiger charge is 2.38. The molecule has 3 heterocycles. The molecule has 0 radical (unpaired) electrons. The lowest BCUT2D eigenvalue weighted by atomic mass is 9.78. The quantitative estimate of drug-likeness (QED) is 0.386. The van der Waals surface area contributed by atoms with Gasteiger partial charge < -0.3 is 19.6 Å². The standard InChI is InChI=1S/C26H24ClFN4O5S/c1-36-26(35)19-21(13-5-7-14(8-6-13)24-30-15(12-37-24)11-18(33)34)31-23(25-29-9-10-38-25)32-22(19)16-3-2-4-17(28)20(16)27/h2-4,9-10,12-14,22H,5-8,11H2,1H3,(H,31,32)(H,33,34)/t13-,14-,22?. The first kappa shape index (κ1) is 26.1. The first-order valence-corrected chi connectivity index (χ1v) is 13.3. The molecular weight excluding hydrogens is 535 g/mol. The first-order chi connectivity index (χ1) is 18.4. The number of aliphatic imine (C=N–C) groups is 1. The Hall–Kier alpha value is -3.57. The Bertz CT molecular complexity index is 1410. The molecule has 1 aromatic carbocycles. The third kappa shape index (κ3) is 5.21. The van der Waals surface area contributed by atoms with Crippen LogP contribution in [0.5, 0.6) is 0 Å². The van der Waals surface area contributed by atoms with Crippen LogP contribution in [-0.2, 0) is 20.7 Å². The number of aromatic nitrogens is 2. The van der Waals surface area contributed by atoms with Crippen molar-refractivity contribution in [3.63, 3.8) is 0 Å². The zero-order valence-corrected chi connectivity index (χ0v) is 21.9. The number of rotatable bonds is 7. The van der Waals surface area contributed by atoms with Crippen LogP contribution in [0.3, 0.4) is 0 Å². The van der Waals surface area contributed by atoms with E-state index in [4.69, 9.17) is 30.9 Å². The van der Waals surface area contributed by atoms with Crippen LogP contribution in [-0.4, -0.2) is 40.0 Å². The van der Waals surface area contributed by atoms with E-state index in [2.05, 4.69) is 15.3 Å². The van der Waals surface area contributed by atoms with Crippen LogP contribution >= 0.6 is 22.9 Å². The van der Waals surface area contributed by atoms with Gasteiger partial charge in [-0.3, -0.25) is 9.79 Å². The largest absolute Gasteiger partial charge is 0.481 e. The molecule has 1 aliphatic carbocycles. The molecule has 2 aliphatic rings. The number of methoxy groups -OCH3 is 1. The second kappa shape index (κ2) is 11.0. The van der Waals surface area contributed by atoms with Crippen molar-refractivity contribution in [2.24, 2.45) is 10.9 Å². The van der Waals surface area contributed by atoms with Crippen LogP contribution in [0.1, 0.15) is 59.8 Å². The summed E-state index contributed by atoms with van der Waals surface area (Å²) in [4.78, 5) is 37.6. The molecule has 38 heavy (non-hydrogen) atoms. The number of ether oxygens (including phenoxy) is 1. The second-order valence-electron chi connectivity index (χ2n) is 9.10. The summed E-state index contributed by atoms with van der Waals surface area (Å²) in [6.07, 6.45) is 5.67. The zero-order valence-electron chi connectivity index (χ0n) is 20.3. The number of allylic oxidation sites excluding steroid dienone is 1. The van der Waals surface area contributed by atoms with E-state index < -0.39 is 23.8 Å². The van der Waals surface area contributed by atoms with E-state index >= 15 is 0 Å². The number of benzene rings is 1. The van der Waals surface area contributed by atoms with Crippen molar-refractivity contribution >= 4 is 40.7 Å². The number of thiazole rings is 1. The van der Waals surface area contributed by atoms with Crippen molar-refractivity contribution in [3.05, 3.63) is 80.3 Å². The van der Waals surface area contributed by atoms with Crippen LogP contribution < -0.4 is 5.32 Å². The Balaban J connectivity index is 1.49. The SMILES string of the molecule is COC(=O)C1=C([C@H]2CC[C@H](c3nc(CC(=O)O)co3)CC2)NC(c2nccs2)=NC1c1cccc(F)c1Cl. The summed E-state index contributed by atoms with van der Waals surface area (Å²) in [6.45, 7) is 0. The van der Waals surface area contributed by atoms with E-state index in [1.165, 1.54) is 36.8 Å². The van der Waals surface area contributed by atoms with E-state index in [-0.39, 0.29) is 28.9 Å². The highest BCUT2D eigenvalue weighted by molar-refractivity contribution is 7.11. The van der Waals surface area contributed by atoms with E-state index in [1.807, 2.05) is 5.38 Å². The van der Waals surface area contributed by atoms with Crippen molar-refractivity contribution in [2.45, 2.75) is 44.1 Å². The number of halogens is 2. The van der Waals surface area contributed by atoms with Gasteiger partial charge in [0.05, 0.1) is 29.8 Å². The van der Waals surface area contributed by atoms with E-state index in [0.29, 0.717) is 59.4 Å². The molecule has 1 aliphatic heterocycles. The molecule has 0 bridgehead atoms. The fourth-order valence-electron chi connectivity index (χ4n) is 5.00. The molecule has 0 spiro atoms. The Morgan fingerprint density at radius 1 is 1.26 bits per heavy atom. The molecule has 12 heteroatoms. The number of carboxylic acid groups (broad SMARTS) is 1. The Morgan fingerprint density at radius 3 is 2.71 bits per heavy atom. The molecule has 9 nitrogen and oxygen atoms in total. The zero-order chi connectivity index (χ0) is 26.8. The van der Waals surface area contributed by atoms with Crippen molar-refractivity contribution in [3.8, 4) is 0 Å². The second-order valence-corrected chi connectivity index (χ2v) is 10.4. The van der Waals surface area contributed by atoms with E-state index in [0.717, 1.165) is 0 Å². The molecule has 1 unspecified atom stereocenters. The van der Waals surface area contributed by atoms with Gasteiger partial charge in [-0.25, -0.2) is 19.2 Å². The van der Waals surface area contributed by atoms with E-state index in [1.54, 1.807) is 12.3 Å². The fraction of sp³-hybridized carbons (Fsp3) is 0.346. The number of aliphatic carboxylic acids is 1. The lowest BCUT2D eigenvalue weighted by Gasteiger charge is -2.34. The monoisotopic (exact) mass is 558 g/mol. The van der Waals surface area contributed by atoms with Crippen molar-refractivity contribution in [1.82, 2.24) is 15.3 Å². The predicted molar refractivity (Wildman–Crippen MR) is 138 cm³/mol. The van der Waals surface area contributed by atoms with Crippen LogP contribution in [0.4, 0.5) is 4.39 Å². The predicted octanol–water partition coefficient (Wildman–Crippen LogP) is 5.04. The summed E-state index contributed by atoms with van der Waals surface area (Å²) in [6, 6.07) is 3.56. The highest BCUT2D eigenvalue weighted by atomic mass is 35.5. The smallest absolute Gasteiger partial charge is 0.338 e.